The van der Waals surface area contributed by atoms with Crippen molar-refractivity contribution in [3.05, 3.63) is 40.4 Å². The van der Waals surface area contributed by atoms with Gasteiger partial charge in [-0.05, 0) is 83.6 Å². The van der Waals surface area contributed by atoms with Gasteiger partial charge in [0, 0.05) is 30.5 Å². The summed E-state index contributed by atoms with van der Waals surface area (Å²) in [4.78, 5) is 12.5. The third-order valence-corrected chi connectivity index (χ3v) is 6.79. The average Bonchev–Trinajstić information content (AvgIpc) is 3.04. The molecular weight excluding hydrogens is 428 g/mol. The number of aromatic nitrogens is 3. The van der Waals surface area contributed by atoms with E-state index in [9.17, 15) is 4.79 Å². The van der Waals surface area contributed by atoms with Crippen LogP contribution in [0.3, 0.4) is 0 Å². The SMILES string of the molecule is COC1(C)CCC(c2nnc3n2-c2ccc(Cl)cc2CC(NC(=O)OC(C)(C)C)C3)CC1. The number of halogens is 1. The van der Waals surface area contributed by atoms with Crippen LogP contribution in [0.5, 0.6) is 0 Å². The third kappa shape index (κ3) is 4.94. The Labute approximate surface area is 194 Å². The van der Waals surface area contributed by atoms with Crippen molar-refractivity contribution in [3.8, 4) is 5.69 Å². The van der Waals surface area contributed by atoms with Gasteiger partial charge in [-0.1, -0.05) is 11.6 Å². The normalized spacial score (nSPS) is 25.4. The maximum atomic E-state index is 12.5. The first-order valence-corrected chi connectivity index (χ1v) is 11.7. The molecule has 0 spiro atoms. The number of methoxy groups -OCH3 is 1. The number of hydrogen-bond acceptors (Lipinski definition) is 5. The fourth-order valence-corrected chi connectivity index (χ4v) is 4.94. The number of amides is 1. The first-order valence-electron chi connectivity index (χ1n) is 11.3. The molecule has 1 aliphatic carbocycles. The number of nitrogens with one attached hydrogen (secondary N) is 1. The molecule has 2 aliphatic rings. The molecule has 7 nitrogen and oxygen atoms in total. The first kappa shape index (κ1) is 23.1. The highest BCUT2D eigenvalue weighted by Crippen LogP contribution is 2.40. The van der Waals surface area contributed by atoms with E-state index in [4.69, 9.17) is 21.1 Å². The second-order valence-corrected chi connectivity index (χ2v) is 10.7. The summed E-state index contributed by atoms with van der Waals surface area (Å²) in [6.07, 6.45) is 4.78. The fraction of sp³-hybridized carbons (Fsp3) is 0.625. The molecule has 1 N–H and O–H groups in total. The van der Waals surface area contributed by atoms with Crippen LogP contribution < -0.4 is 5.32 Å². The molecular formula is C24H33ClN4O3. The van der Waals surface area contributed by atoms with E-state index < -0.39 is 11.7 Å². The van der Waals surface area contributed by atoms with Crippen LogP contribution in [-0.4, -0.2) is 45.2 Å². The largest absolute Gasteiger partial charge is 0.444 e. The van der Waals surface area contributed by atoms with Crippen molar-refractivity contribution in [1.29, 1.82) is 0 Å². The number of fused-ring (bicyclic) bond motifs is 3. The van der Waals surface area contributed by atoms with Gasteiger partial charge in [-0.15, -0.1) is 10.2 Å². The van der Waals surface area contributed by atoms with Crippen LogP contribution in [0.25, 0.3) is 5.69 Å². The molecule has 2 heterocycles. The summed E-state index contributed by atoms with van der Waals surface area (Å²) in [6, 6.07) is 5.75. The molecule has 0 bridgehead atoms. The molecule has 4 rings (SSSR count). The van der Waals surface area contributed by atoms with E-state index in [0.717, 1.165) is 48.6 Å². The Balaban J connectivity index is 1.65. The smallest absolute Gasteiger partial charge is 0.407 e. The van der Waals surface area contributed by atoms with Crippen LogP contribution in [0.4, 0.5) is 4.79 Å². The number of benzene rings is 1. The van der Waals surface area contributed by atoms with Crippen LogP contribution in [0.2, 0.25) is 5.02 Å². The van der Waals surface area contributed by atoms with Gasteiger partial charge in [-0.2, -0.15) is 0 Å². The van der Waals surface area contributed by atoms with Crippen LogP contribution in [0.15, 0.2) is 18.2 Å². The average molecular weight is 461 g/mol. The van der Waals surface area contributed by atoms with E-state index in [2.05, 4.69) is 27.0 Å². The zero-order valence-electron chi connectivity index (χ0n) is 19.6. The van der Waals surface area contributed by atoms with Crippen molar-refractivity contribution < 1.29 is 14.3 Å². The van der Waals surface area contributed by atoms with Gasteiger partial charge < -0.3 is 14.8 Å². The number of carbonyl (C=O) groups is 1. The summed E-state index contributed by atoms with van der Waals surface area (Å²) >= 11 is 6.34. The summed E-state index contributed by atoms with van der Waals surface area (Å²) in [5.41, 5.74) is 1.49. The predicted molar refractivity (Wildman–Crippen MR) is 124 cm³/mol. The maximum Gasteiger partial charge on any atom is 0.407 e. The minimum Gasteiger partial charge on any atom is -0.444 e. The molecule has 1 aromatic carbocycles. The molecule has 1 fully saturated rings. The summed E-state index contributed by atoms with van der Waals surface area (Å²) in [5.74, 6) is 2.15. The lowest BCUT2D eigenvalue weighted by molar-refractivity contribution is -0.0277. The van der Waals surface area contributed by atoms with Crippen molar-refractivity contribution >= 4 is 17.7 Å². The summed E-state index contributed by atoms with van der Waals surface area (Å²) in [5, 5.41) is 12.9. The Hall–Kier alpha value is -2.12. The van der Waals surface area contributed by atoms with Gasteiger partial charge in [0.25, 0.3) is 0 Å². The Bertz CT molecular complexity index is 990. The van der Waals surface area contributed by atoms with Crippen LogP contribution in [0, 0.1) is 0 Å². The van der Waals surface area contributed by atoms with Crippen molar-refractivity contribution in [2.45, 2.75) is 89.4 Å². The third-order valence-electron chi connectivity index (χ3n) is 6.55. The monoisotopic (exact) mass is 460 g/mol. The number of carbonyl (C=O) groups excluding carboxylic acids is 1. The van der Waals surface area contributed by atoms with E-state index in [-0.39, 0.29) is 11.6 Å². The predicted octanol–water partition coefficient (Wildman–Crippen LogP) is 4.98. The molecule has 1 aromatic heterocycles. The van der Waals surface area contributed by atoms with Gasteiger partial charge in [0.2, 0.25) is 0 Å². The van der Waals surface area contributed by atoms with E-state index >= 15 is 0 Å². The number of alkyl carbamates (subject to hydrolysis) is 1. The van der Waals surface area contributed by atoms with E-state index in [1.165, 1.54) is 0 Å². The molecule has 1 saturated carbocycles. The zero-order chi connectivity index (χ0) is 23.1. The molecule has 8 heteroatoms. The van der Waals surface area contributed by atoms with Crippen LogP contribution >= 0.6 is 11.6 Å². The number of nitrogens with zero attached hydrogens (tertiary/aromatic N) is 3. The van der Waals surface area contributed by atoms with Gasteiger partial charge >= 0.3 is 6.09 Å². The summed E-state index contributed by atoms with van der Waals surface area (Å²) < 4.78 is 13.4. The highest BCUT2D eigenvalue weighted by molar-refractivity contribution is 6.30. The second-order valence-electron chi connectivity index (χ2n) is 10.3. The minimum absolute atomic E-state index is 0.0635. The van der Waals surface area contributed by atoms with E-state index in [0.29, 0.717) is 23.8 Å². The molecule has 174 valence electrons. The molecule has 32 heavy (non-hydrogen) atoms. The first-order chi connectivity index (χ1) is 15.1. The molecule has 1 atom stereocenters. The molecule has 0 radical (unpaired) electrons. The molecule has 2 aromatic rings. The lowest BCUT2D eigenvalue weighted by atomic mass is 9.79. The number of rotatable bonds is 3. The summed E-state index contributed by atoms with van der Waals surface area (Å²) in [6.45, 7) is 7.75. The Morgan fingerprint density at radius 1 is 1.22 bits per heavy atom. The second kappa shape index (κ2) is 8.67. The van der Waals surface area contributed by atoms with Crippen LogP contribution in [-0.2, 0) is 22.3 Å². The zero-order valence-corrected chi connectivity index (χ0v) is 20.3. The topological polar surface area (TPSA) is 78.3 Å². The molecule has 0 saturated heterocycles. The van der Waals surface area contributed by atoms with Gasteiger partial charge in [0.05, 0.1) is 11.3 Å². The Kier molecular flexibility index (Phi) is 6.25. The van der Waals surface area contributed by atoms with Crippen molar-refractivity contribution in [1.82, 2.24) is 20.1 Å². The lowest BCUT2D eigenvalue weighted by Gasteiger charge is -2.35. The van der Waals surface area contributed by atoms with Crippen molar-refractivity contribution in [2.75, 3.05) is 7.11 Å². The van der Waals surface area contributed by atoms with Crippen molar-refractivity contribution in [3.63, 3.8) is 0 Å². The summed E-state index contributed by atoms with van der Waals surface area (Å²) in [7, 11) is 1.79. The molecule has 1 unspecified atom stereocenters. The minimum atomic E-state index is -0.555. The van der Waals surface area contributed by atoms with Crippen molar-refractivity contribution in [2.24, 2.45) is 0 Å². The lowest BCUT2D eigenvalue weighted by Crippen LogP contribution is -2.41. The molecule has 1 amide bonds. The number of hydrogen-bond donors (Lipinski definition) is 1. The maximum absolute atomic E-state index is 12.5. The van der Waals surface area contributed by atoms with Gasteiger partial charge in [-0.25, -0.2) is 4.79 Å². The molecule has 1 aliphatic heterocycles. The van der Waals surface area contributed by atoms with Gasteiger partial charge in [-0.3, -0.25) is 4.57 Å². The van der Waals surface area contributed by atoms with E-state index in [1.807, 2.05) is 39.0 Å². The Morgan fingerprint density at radius 3 is 2.59 bits per heavy atom. The van der Waals surface area contributed by atoms with Gasteiger partial charge in [0.1, 0.15) is 17.2 Å². The van der Waals surface area contributed by atoms with Crippen LogP contribution in [0.1, 0.15) is 76.5 Å². The quantitative estimate of drug-likeness (QED) is 0.699. The number of ether oxygens (including phenoxy) is 2. The fourth-order valence-electron chi connectivity index (χ4n) is 4.75. The van der Waals surface area contributed by atoms with E-state index in [1.54, 1.807) is 7.11 Å². The highest BCUT2D eigenvalue weighted by atomic mass is 35.5. The Morgan fingerprint density at radius 2 is 1.94 bits per heavy atom. The van der Waals surface area contributed by atoms with Gasteiger partial charge in [0.15, 0.2) is 0 Å². The standard InChI is InChI=1S/C24H33ClN4O3/c1-23(2,3)32-22(30)26-18-13-16-12-17(25)6-7-19(16)29-20(14-18)27-28-21(29)15-8-10-24(4,31-5)11-9-15/h6-7,12,15,18H,8-11,13-14H2,1-5H3,(H,26,30). The highest BCUT2D eigenvalue weighted by Gasteiger charge is 2.35.